The van der Waals surface area contributed by atoms with E-state index in [0.29, 0.717) is 24.7 Å². The maximum Gasteiger partial charge on any atom is 0.263 e. The number of morpholine rings is 1. The predicted molar refractivity (Wildman–Crippen MR) is 136 cm³/mol. The number of hydrogen-bond donors (Lipinski definition) is 1. The number of benzene rings is 2. The molecule has 0 radical (unpaired) electrons. The fourth-order valence-corrected chi connectivity index (χ4v) is 4.78. The Balaban J connectivity index is 1.69. The van der Waals surface area contributed by atoms with E-state index in [9.17, 15) is 13.6 Å². The number of carbonyl (C=O) groups excluding carboxylic acids is 1. The number of amides is 1. The van der Waals surface area contributed by atoms with E-state index in [-0.39, 0.29) is 11.1 Å². The smallest absolute Gasteiger partial charge is 0.263 e. The van der Waals surface area contributed by atoms with Gasteiger partial charge in [-0.15, -0.1) is 11.8 Å². The minimum absolute atomic E-state index is 0.174. The van der Waals surface area contributed by atoms with Crippen LogP contribution in [0.3, 0.4) is 0 Å². The molecule has 3 aromatic rings. The first-order chi connectivity index (χ1) is 16.9. The van der Waals surface area contributed by atoms with Crippen LogP contribution >= 0.6 is 11.8 Å². The molecule has 0 saturated carbocycles. The van der Waals surface area contributed by atoms with Crippen molar-refractivity contribution in [2.75, 3.05) is 42.8 Å². The Hall–Kier alpha value is -3.04. The minimum Gasteiger partial charge on any atom is -0.378 e. The van der Waals surface area contributed by atoms with Crippen molar-refractivity contribution in [3.63, 3.8) is 0 Å². The lowest BCUT2D eigenvalue weighted by Gasteiger charge is -2.30. The topological polar surface area (TPSA) is 67.4 Å². The first-order valence-electron chi connectivity index (χ1n) is 11.5. The molecule has 0 aliphatic carbocycles. The molecule has 1 amide bonds. The summed E-state index contributed by atoms with van der Waals surface area (Å²) in [5.41, 5.74) is 3.28. The van der Waals surface area contributed by atoms with Gasteiger partial charge < -0.3 is 15.0 Å². The Bertz CT molecular complexity index is 1220. The molecule has 1 aliphatic heterocycles. The number of carbonyl (C=O) groups is 1. The summed E-state index contributed by atoms with van der Waals surface area (Å²) in [5, 5.41) is 2.82. The van der Waals surface area contributed by atoms with Crippen LogP contribution in [0, 0.1) is 6.92 Å². The van der Waals surface area contributed by atoms with E-state index >= 15 is 0 Å². The van der Waals surface area contributed by atoms with Gasteiger partial charge in [0.25, 0.3) is 12.3 Å². The van der Waals surface area contributed by atoms with E-state index < -0.39 is 12.3 Å². The molecule has 0 spiro atoms. The maximum atomic E-state index is 13.0. The van der Waals surface area contributed by atoms with Crippen LogP contribution in [0.15, 0.2) is 47.4 Å². The monoisotopic (exact) mass is 498 g/mol. The SMILES string of the molecule is CCc1nc(-c2cc(NC(=O)c3cccc(C(F)F)c3)ccc2C)nc(N2CCOCC2)c1SC. The van der Waals surface area contributed by atoms with Crippen molar-refractivity contribution in [3.05, 3.63) is 64.8 Å². The number of halogens is 2. The van der Waals surface area contributed by atoms with Crippen LogP contribution < -0.4 is 10.2 Å². The number of aryl methyl sites for hydroxylation is 2. The van der Waals surface area contributed by atoms with Gasteiger partial charge in [-0.3, -0.25) is 4.79 Å². The molecule has 1 saturated heterocycles. The van der Waals surface area contributed by atoms with E-state index in [1.54, 1.807) is 17.8 Å². The van der Waals surface area contributed by atoms with Gasteiger partial charge in [-0.25, -0.2) is 18.7 Å². The number of rotatable bonds is 7. The van der Waals surface area contributed by atoms with Gasteiger partial charge in [-0.05, 0) is 49.4 Å². The quantitative estimate of drug-likeness (QED) is 0.418. The molecule has 2 heterocycles. The second-order valence-electron chi connectivity index (χ2n) is 8.21. The molecule has 1 aliphatic rings. The molecule has 35 heavy (non-hydrogen) atoms. The highest BCUT2D eigenvalue weighted by atomic mass is 32.2. The van der Waals surface area contributed by atoms with Gasteiger partial charge in [0.15, 0.2) is 5.82 Å². The van der Waals surface area contributed by atoms with Crippen molar-refractivity contribution in [1.29, 1.82) is 0 Å². The highest BCUT2D eigenvalue weighted by Gasteiger charge is 2.22. The van der Waals surface area contributed by atoms with E-state index in [1.807, 2.05) is 25.3 Å². The molecular formula is C26H28F2N4O2S. The van der Waals surface area contributed by atoms with Crippen LogP contribution in [0.4, 0.5) is 20.3 Å². The number of aromatic nitrogens is 2. The summed E-state index contributed by atoms with van der Waals surface area (Å²) in [6, 6.07) is 11.0. The lowest BCUT2D eigenvalue weighted by Crippen LogP contribution is -2.37. The van der Waals surface area contributed by atoms with Gasteiger partial charge in [-0.1, -0.05) is 25.1 Å². The number of nitrogens with zero attached hydrogens (tertiary/aromatic N) is 3. The third kappa shape index (κ3) is 5.62. The Labute approximate surface area is 208 Å². The summed E-state index contributed by atoms with van der Waals surface area (Å²) in [7, 11) is 0. The second-order valence-corrected chi connectivity index (χ2v) is 9.03. The molecule has 9 heteroatoms. The summed E-state index contributed by atoms with van der Waals surface area (Å²) in [5.74, 6) is 1.04. The number of thioether (sulfide) groups is 1. The lowest BCUT2D eigenvalue weighted by atomic mass is 10.1. The average Bonchev–Trinajstić information content (AvgIpc) is 2.89. The van der Waals surface area contributed by atoms with Crippen LogP contribution in [-0.4, -0.2) is 48.4 Å². The zero-order valence-corrected chi connectivity index (χ0v) is 20.8. The van der Waals surface area contributed by atoms with E-state index in [1.165, 1.54) is 24.3 Å². The molecule has 4 rings (SSSR count). The van der Waals surface area contributed by atoms with E-state index in [4.69, 9.17) is 14.7 Å². The number of nitrogens with one attached hydrogen (secondary N) is 1. The largest absolute Gasteiger partial charge is 0.378 e. The summed E-state index contributed by atoms with van der Waals surface area (Å²) in [6.07, 6.45) is 0.161. The van der Waals surface area contributed by atoms with Gasteiger partial charge in [0, 0.05) is 35.5 Å². The Morgan fingerprint density at radius 2 is 1.94 bits per heavy atom. The van der Waals surface area contributed by atoms with Gasteiger partial charge in [-0.2, -0.15) is 0 Å². The van der Waals surface area contributed by atoms with Gasteiger partial charge in [0.05, 0.1) is 23.8 Å². The van der Waals surface area contributed by atoms with Crippen LogP contribution in [0.5, 0.6) is 0 Å². The summed E-state index contributed by atoms with van der Waals surface area (Å²) in [6.45, 7) is 6.88. The van der Waals surface area contributed by atoms with Gasteiger partial charge in [0.2, 0.25) is 0 Å². The predicted octanol–water partition coefficient (Wildman–Crippen LogP) is 5.76. The molecule has 184 valence electrons. The van der Waals surface area contributed by atoms with Crippen molar-refractivity contribution < 1.29 is 18.3 Å². The summed E-state index contributed by atoms with van der Waals surface area (Å²) in [4.78, 5) is 25.9. The van der Waals surface area contributed by atoms with Crippen molar-refractivity contribution in [2.45, 2.75) is 31.6 Å². The first kappa shape index (κ1) is 25.1. The van der Waals surface area contributed by atoms with Crippen LogP contribution in [0.2, 0.25) is 0 Å². The molecule has 1 fully saturated rings. The van der Waals surface area contributed by atoms with Gasteiger partial charge in [0.1, 0.15) is 5.82 Å². The maximum absolute atomic E-state index is 13.0. The third-order valence-corrected chi connectivity index (χ3v) is 6.73. The molecule has 0 atom stereocenters. The molecule has 0 unspecified atom stereocenters. The zero-order chi connectivity index (χ0) is 24.9. The molecule has 2 aromatic carbocycles. The fraction of sp³-hybridized carbons (Fsp3) is 0.346. The fourth-order valence-electron chi connectivity index (χ4n) is 4.00. The van der Waals surface area contributed by atoms with Crippen molar-refractivity contribution in [3.8, 4) is 11.4 Å². The van der Waals surface area contributed by atoms with Crippen LogP contribution in [0.25, 0.3) is 11.4 Å². The summed E-state index contributed by atoms with van der Waals surface area (Å²) < 4.78 is 31.6. The molecular weight excluding hydrogens is 470 g/mol. The van der Waals surface area contributed by atoms with E-state index in [2.05, 4.69) is 17.1 Å². The second kappa shape index (κ2) is 11.1. The number of hydrogen-bond acceptors (Lipinski definition) is 6. The van der Waals surface area contributed by atoms with Gasteiger partial charge >= 0.3 is 0 Å². The average molecular weight is 499 g/mol. The summed E-state index contributed by atoms with van der Waals surface area (Å²) >= 11 is 1.64. The Morgan fingerprint density at radius 1 is 1.17 bits per heavy atom. The number of alkyl halides is 2. The zero-order valence-electron chi connectivity index (χ0n) is 20.0. The number of ether oxygens (including phenoxy) is 1. The van der Waals surface area contributed by atoms with Crippen LogP contribution in [-0.2, 0) is 11.2 Å². The third-order valence-electron chi connectivity index (χ3n) is 5.90. The Kier molecular flexibility index (Phi) is 7.97. The van der Waals surface area contributed by atoms with Crippen LogP contribution in [0.1, 0.15) is 40.5 Å². The molecule has 1 aromatic heterocycles. The molecule has 1 N–H and O–H groups in total. The normalized spacial score (nSPS) is 13.8. The standard InChI is InChI=1S/C26H28F2N4O2S/c1-4-21-22(35-3)25(32-10-12-34-13-11-32)31-24(30-21)20-15-19(9-8-16(20)2)29-26(33)18-7-5-6-17(14-18)23(27)28/h5-9,14-15,23H,4,10-13H2,1-3H3,(H,29,33). The Morgan fingerprint density at radius 3 is 2.63 bits per heavy atom. The van der Waals surface area contributed by atoms with Crippen molar-refractivity contribution in [1.82, 2.24) is 9.97 Å². The first-order valence-corrected chi connectivity index (χ1v) is 12.7. The highest BCUT2D eigenvalue weighted by molar-refractivity contribution is 7.98. The van der Waals surface area contributed by atoms with Crippen molar-refractivity contribution in [2.24, 2.45) is 0 Å². The molecule has 6 nitrogen and oxygen atoms in total. The number of anilines is 2. The van der Waals surface area contributed by atoms with E-state index in [0.717, 1.165) is 47.0 Å². The highest BCUT2D eigenvalue weighted by Crippen LogP contribution is 2.34. The lowest BCUT2D eigenvalue weighted by molar-refractivity contribution is 0.102. The minimum atomic E-state index is -2.64. The molecule has 0 bridgehead atoms. The van der Waals surface area contributed by atoms with Crippen molar-refractivity contribution >= 4 is 29.2 Å².